The highest BCUT2D eigenvalue weighted by Gasteiger charge is 2.63. The average Bonchev–Trinajstić information content (AvgIpc) is 2.72. The van der Waals surface area contributed by atoms with Gasteiger partial charge in [0.25, 0.3) is 0 Å². The predicted molar refractivity (Wildman–Crippen MR) is 46.7 cm³/mol. The summed E-state index contributed by atoms with van der Waals surface area (Å²) in [6.45, 7) is 0.963. The second kappa shape index (κ2) is 2.24. The third-order valence-electron chi connectivity index (χ3n) is 4.36. The highest BCUT2D eigenvalue weighted by molar-refractivity contribution is 5.15. The van der Waals surface area contributed by atoms with E-state index in [2.05, 4.69) is 0 Å². The van der Waals surface area contributed by atoms with E-state index in [0.29, 0.717) is 23.5 Å². The highest BCUT2D eigenvalue weighted by atomic mass is 16.5. The molecule has 0 amide bonds. The van der Waals surface area contributed by atoms with E-state index in [-0.39, 0.29) is 0 Å². The summed E-state index contributed by atoms with van der Waals surface area (Å²) in [5, 5.41) is 0. The third-order valence-corrected chi connectivity index (χ3v) is 4.36. The van der Waals surface area contributed by atoms with Gasteiger partial charge in [0.15, 0.2) is 0 Å². The van der Waals surface area contributed by atoms with Crippen LogP contribution in [0.1, 0.15) is 32.1 Å². The minimum absolute atomic E-state index is 0.432. The summed E-state index contributed by atoms with van der Waals surface area (Å²) in [7, 11) is 0. The fraction of sp³-hybridized carbons (Fsp3) is 1.00. The van der Waals surface area contributed by atoms with Crippen LogP contribution in [0, 0.1) is 11.3 Å². The van der Waals surface area contributed by atoms with Gasteiger partial charge in [0.05, 0.1) is 6.10 Å². The number of ether oxygens (including phenoxy) is 1. The van der Waals surface area contributed by atoms with Crippen molar-refractivity contribution in [2.24, 2.45) is 17.1 Å². The Kier molecular flexibility index (Phi) is 1.37. The van der Waals surface area contributed by atoms with Gasteiger partial charge >= 0.3 is 0 Å². The molecule has 2 nitrogen and oxygen atoms in total. The van der Waals surface area contributed by atoms with Gasteiger partial charge in [0.2, 0.25) is 0 Å². The molecular weight excluding hydrogens is 150 g/mol. The maximum Gasteiger partial charge on any atom is 0.0690 e. The normalized spacial score (nSPS) is 49.2. The quantitative estimate of drug-likeness (QED) is 0.590. The van der Waals surface area contributed by atoms with E-state index in [0.717, 1.165) is 6.61 Å². The first-order chi connectivity index (χ1) is 5.84. The molecule has 3 rings (SSSR count). The monoisotopic (exact) mass is 167 g/mol. The predicted octanol–water partition coefficient (Wildman–Crippen LogP) is 1.29. The van der Waals surface area contributed by atoms with Gasteiger partial charge in [-0.25, -0.2) is 0 Å². The number of rotatable bonds is 0. The molecule has 2 saturated carbocycles. The van der Waals surface area contributed by atoms with E-state index in [1.807, 2.05) is 0 Å². The summed E-state index contributed by atoms with van der Waals surface area (Å²) < 4.78 is 5.78. The van der Waals surface area contributed by atoms with Gasteiger partial charge < -0.3 is 10.5 Å². The second-order valence-electron chi connectivity index (χ2n) is 4.71. The zero-order valence-electron chi connectivity index (χ0n) is 7.46. The van der Waals surface area contributed by atoms with Crippen molar-refractivity contribution in [2.45, 2.75) is 44.2 Å². The average molecular weight is 167 g/mol. The van der Waals surface area contributed by atoms with Crippen molar-refractivity contribution in [3.63, 3.8) is 0 Å². The first kappa shape index (κ1) is 7.34. The molecule has 2 heteroatoms. The number of fused-ring (bicyclic) bond motifs is 2. The van der Waals surface area contributed by atoms with Crippen molar-refractivity contribution < 1.29 is 4.74 Å². The van der Waals surface area contributed by atoms with Crippen LogP contribution < -0.4 is 5.73 Å². The Morgan fingerprint density at radius 1 is 1.25 bits per heavy atom. The lowest BCUT2D eigenvalue weighted by molar-refractivity contribution is -0.118. The molecule has 2 N–H and O–H groups in total. The van der Waals surface area contributed by atoms with Crippen molar-refractivity contribution in [1.29, 1.82) is 0 Å². The van der Waals surface area contributed by atoms with Gasteiger partial charge in [0, 0.05) is 24.0 Å². The van der Waals surface area contributed by atoms with E-state index < -0.39 is 0 Å². The maximum absolute atomic E-state index is 6.22. The van der Waals surface area contributed by atoms with Crippen LogP contribution in [0.4, 0.5) is 0 Å². The molecule has 1 aliphatic heterocycles. The van der Waals surface area contributed by atoms with Gasteiger partial charge in [0.1, 0.15) is 0 Å². The van der Waals surface area contributed by atoms with Gasteiger partial charge in [-0.2, -0.15) is 0 Å². The minimum Gasteiger partial charge on any atom is -0.377 e. The van der Waals surface area contributed by atoms with Gasteiger partial charge in [-0.15, -0.1) is 0 Å². The summed E-state index contributed by atoms with van der Waals surface area (Å²) in [5.74, 6) is 0.711. The molecule has 1 spiro atoms. The highest BCUT2D eigenvalue weighted by Crippen LogP contribution is 2.59. The van der Waals surface area contributed by atoms with Crippen LogP contribution in [-0.4, -0.2) is 18.8 Å². The van der Waals surface area contributed by atoms with E-state index in [1.165, 1.54) is 32.1 Å². The summed E-state index contributed by atoms with van der Waals surface area (Å²) in [6.07, 6.45) is 7.17. The van der Waals surface area contributed by atoms with Crippen LogP contribution in [0.2, 0.25) is 0 Å². The lowest BCUT2D eigenvalue weighted by Gasteiger charge is -2.55. The zero-order chi connectivity index (χ0) is 8.18. The fourth-order valence-corrected chi connectivity index (χ4v) is 3.71. The van der Waals surface area contributed by atoms with Crippen LogP contribution in [-0.2, 0) is 4.74 Å². The molecule has 0 aromatic carbocycles. The minimum atomic E-state index is 0.432. The summed E-state index contributed by atoms with van der Waals surface area (Å²) in [6, 6.07) is 0.465. The number of hydrogen-bond acceptors (Lipinski definition) is 2. The first-order valence-electron chi connectivity index (χ1n) is 5.22. The largest absolute Gasteiger partial charge is 0.377 e. The summed E-state index contributed by atoms with van der Waals surface area (Å²) in [5.41, 5.74) is 6.66. The standard InChI is InChI=1S/C10H17NO/c11-8-7-3-6-12-9(7)10(8)4-1-2-5-10/h7-9H,1-6,11H2. The van der Waals surface area contributed by atoms with Crippen LogP contribution >= 0.6 is 0 Å². The van der Waals surface area contributed by atoms with Gasteiger partial charge in [-0.1, -0.05) is 12.8 Å². The van der Waals surface area contributed by atoms with Crippen molar-refractivity contribution in [2.75, 3.05) is 6.61 Å². The molecule has 0 aromatic rings. The Labute approximate surface area is 73.5 Å². The summed E-state index contributed by atoms with van der Waals surface area (Å²) >= 11 is 0. The molecule has 68 valence electrons. The molecule has 3 unspecified atom stereocenters. The topological polar surface area (TPSA) is 35.2 Å². The van der Waals surface area contributed by atoms with Crippen molar-refractivity contribution in [3.05, 3.63) is 0 Å². The van der Waals surface area contributed by atoms with Crippen LogP contribution in [0.3, 0.4) is 0 Å². The van der Waals surface area contributed by atoms with Crippen molar-refractivity contribution in [1.82, 2.24) is 0 Å². The maximum atomic E-state index is 6.22. The molecule has 12 heavy (non-hydrogen) atoms. The van der Waals surface area contributed by atoms with Crippen molar-refractivity contribution >= 4 is 0 Å². The molecule has 2 aliphatic carbocycles. The Morgan fingerprint density at radius 2 is 2.00 bits per heavy atom. The van der Waals surface area contributed by atoms with Crippen LogP contribution in [0.5, 0.6) is 0 Å². The number of nitrogens with two attached hydrogens (primary N) is 1. The van der Waals surface area contributed by atoms with Crippen LogP contribution in [0.25, 0.3) is 0 Å². The Morgan fingerprint density at radius 3 is 2.75 bits per heavy atom. The van der Waals surface area contributed by atoms with E-state index in [1.54, 1.807) is 0 Å². The van der Waals surface area contributed by atoms with Crippen LogP contribution in [0.15, 0.2) is 0 Å². The lowest BCUT2D eigenvalue weighted by Crippen LogP contribution is -2.65. The molecule has 0 bridgehead atoms. The first-order valence-corrected chi connectivity index (χ1v) is 5.22. The van der Waals surface area contributed by atoms with Gasteiger partial charge in [-0.3, -0.25) is 0 Å². The molecule has 0 aromatic heterocycles. The summed E-state index contributed by atoms with van der Waals surface area (Å²) in [4.78, 5) is 0. The Hall–Kier alpha value is -0.0800. The molecule has 0 radical (unpaired) electrons. The number of hydrogen-bond donors (Lipinski definition) is 1. The molecule has 1 heterocycles. The van der Waals surface area contributed by atoms with E-state index in [4.69, 9.17) is 10.5 Å². The molecule has 1 saturated heterocycles. The van der Waals surface area contributed by atoms with E-state index in [9.17, 15) is 0 Å². The van der Waals surface area contributed by atoms with E-state index >= 15 is 0 Å². The fourth-order valence-electron chi connectivity index (χ4n) is 3.71. The van der Waals surface area contributed by atoms with Gasteiger partial charge in [-0.05, 0) is 19.3 Å². The lowest BCUT2D eigenvalue weighted by atomic mass is 9.55. The SMILES string of the molecule is NC1C2CCOC2C12CCCC2. The Balaban J connectivity index is 1.87. The molecule has 3 aliphatic rings. The van der Waals surface area contributed by atoms with Crippen molar-refractivity contribution in [3.8, 4) is 0 Å². The third kappa shape index (κ3) is 0.647. The molecule has 3 fully saturated rings. The second-order valence-corrected chi connectivity index (χ2v) is 4.71. The smallest absolute Gasteiger partial charge is 0.0690 e. The zero-order valence-corrected chi connectivity index (χ0v) is 7.46. The molecular formula is C10H17NO. The Bertz CT molecular complexity index is 198. The molecule has 3 atom stereocenters.